The molecule has 5 heteroatoms. The van der Waals surface area contributed by atoms with Gasteiger partial charge in [-0.3, -0.25) is 0 Å². The summed E-state index contributed by atoms with van der Waals surface area (Å²) in [6, 6.07) is 7.74. The highest BCUT2D eigenvalue weighted by Gasteiger charge is 2.12. The van der Waals surface area contributed by atoms with Crippen LogP contribution in [0.1, 0.15) is 27.0 Å². The normalized spacial score (nSPS) is 10.5. The standard InChI is InChI=1S/C15H16N2O2S/c1-9-3-10(2)5-11(4-9)8-20-14-13(15(18)19)6-12(16)7-17-14/h3-7H,8,16H2,1-2H3,(H,18,19). The van der Waals surface area contributed by atoms with Crippen LogP contribution in [0.5, 0.6) is 0 Å². The van der Waals surface area contributed by atoms with Crippen molar-refractivity contribution in [3.8, 4) is 0 Å². The molecule has 0 spiro atoms. The number of nitrogen functional groups attached to an aromatic ring is 1. The second-order valence-corrected chi connectivity index (χ2v) is 5.68. The second kappa shape index (κ2) is 5.96. The number of rotatable bonds is 4. The lowest BCUT2D eigenvalue weighted by Gasteiger charge is -2.07. The summed E-state index contributed by atoms with van der Waals surface area (Å²) in [5.41, 5.74) is 9.64. The number of benzene rings is 1. The van der Waals surface area contributed by atoms with E-state index < -0.39 is 5.97 Å². The maximum absolute atomic E-state index is 11.2. The first-order valence-electron chi connectivity index (χ1n) is 6.14. The van der Waals surface area contributed by atoms with E-state index in [1.165, 1.54) is 35.2 Å². The zero-order valence-corrected chi connectivity index (χ0v) is 12.2. The number of aryl methyl sites for hydroxylation is 2. The Morgan fingerprint density at radius 2 is 1.90 bits per heavy atom. The van der Waals surface area contributed by atoms with E-state index in [1.54, 1.807) is 0 Å². The fourth-order valence-corrected chi connectivity index (χ4v) is 2.94. The first-order valence-corrected chi connectivity index (χ1v) is 7.13. The highest BCUT2D eigenvalue weighted by molar-refractivity contribution is 7.98. The lowest BCUT2D eigenvalue weighted by molar-refractivity contribution is 0.0692. The molecule has 0 bridgehead atoms. The molecule has 0 unspecified atom stereocenters. The number of pyridine rings is 1. The van der Waals surface area contributed by atoms with Gasteiger partial charge in [-0.1, -0.05) is 29.3 Å². The van der Waals surface area contributed by atoms with Crippen molar-refractivity contribution in [3.05, 3.63) is 52.7 Å². The number of nitrogens with two attached hydrogens (primary N) is 1. The molecular weight excluding hydrogens is 272 g/mol. The molecule has 0 saturated heterocycles. The van der Waals surface area contributed by atoms with Crippen LogP contribution in [0.4, 0.5) is 5.69 Å². The van der Waals surface area contributed by atoms with Gasteiger partial charge in [0.15, 0.2) is 0 Å². The lowest BCUT2D eigenvalue weighted by atomic mass is 10.1. The van der Waals surface area contributed by atoms with Crippen molar-refractivity contribution in [2.45, 2.75) is 24.6 Å². The summed E-state index contributed by atoms with van der Waals surface area (Å²) in [7, 11) is 0. The van der Waals surface area contributed by atoms with E-state index in [4.69, 9.17) is 10.8 Å². The third-order valence-corrected chi connectivity index (χ3v) is 3.84. The van der Waals surface area contributed by atoms with Gasteiger partial charge >= 0.3 is 5.97 Å². The monoisotopic (exact) mass is 288 g/mol. The highest BCUT2D eigenvalue weighted by Crippen LogP contribution is 2.26. The Balaban J connectivity index is 2.20. The predicted molar refractivity (Wildman–Crippen MR) is 81.1 cm³/mol. The second-order valence-electron chi connectivity index (χ2n) is 4.71. The molecule has 0 aliphatic heterocycles. The predicted octanol–water partition coefficient (Wildman–Crippen LogP) is 3.27. The molecule has 1 aromatic carbocycles. The van der Waals surface area contributed by atoms with Crippen LogP contribution < -0.4 is 5.73 Å². The first kappa shape index (κ1) is 14.4. The van der Waals surface area contributed by atoms with E-state index in [2.05, 4.69) is 23.2 Å². The van der Waals surface area contributed by atoms with Crippen molar-refractivity contribution in [2.75, 3.05) is 5.73 Å². The SMILES string of the molecule is Cc1cc(C)cc(CSc2ncc(N)cc2C(=O)O)c1. The molecule has 2 aromatic rings. The molecule has 0 fully saturated rings. The maximum atomic E-state index is 11.2. The summed E-state index contributed by atoms with van der Waals surface area (Å²) in [5, 5.41) is 9.66. The van der Waals surface area contributed by atoms with Gasteiger partial charge in [0.1, 0.15) is 5.03 Å². The van der Waals surface area contributed by atoms with Crippen LogP contribution >= 0.6 is 11.8 Å². The maximum Gasteiger partial charge on any atom is 0.338 e. The molecule has 1 heterocycles. The third kappa shape index (κ3) is 3.51. The van der Waals surface area contributed by atoms with Gasteiger partial charge in [0.05, 0.1) is 17.4 Å². The first-order chi connectivity index (χ1) is 9.45. The topological polar surface area (TPSA) is 76.2 Å². The largest absolute Gasteiger partial charge is 0.478 e. The molecule has 104 valence electrons. The third-order valence-electron chi connectivity index (χ3n) is 2.76. The number of nitrogens with zero attached hydrogens (tertiary/aromatic N) is 1. The molecular formula is C15H16N2O2S. The van der Waals surface area contributed by atoms with Gasteiger partial charge in [-0.05, 0) is 25.5 Å². The fourth-order valence-electron chi connectivity index (χ4n) is 2.04. The molecule has 4 nitrogen and oxygen atoms in total. The van der Waals surface area contributed by atoms with Crippen LogP contribution in [0.15, 0.2) is 35.5 Å². The van der Waals surface area contributed by atoms with Crippen LogP contribution in [0.25, 0.3) is 0 Å². The summed E-state index contributed by atoms with van der Waals surface area (Å²) in [6.45, 7) is 4.09. The number of hydrogen-bond acceptors (Lipinski definition) is 4. The van der Waals surface area contributed by atoms with Crippen molar-refractivity contribution >= 4 is 23.4 Å². The summed E-state index contributed by atoms with van der Waals surface area (Å²) in [5.74, 6) is -0.326. The number of carbonyl (C=O) groups is 1. The minimum atomic E-state index is -1.01. The van der Waals surface area contributed by atoms with Gasteiger partial charge in [-0.2, -0.15) is 0 Å². The van der Waals surface area contributed by atoms with E-state index in [0.717, 1.165) is 5.56 Å². The molecule has 2 rings (SSSR count). The van der Waals surface area contributed by atoms with Gasteiger partial charge in [0, 0.05) is 5.75 Å². The van der Waals surface area contributed by atoms with Gasteiger partial charge in [-0.25, -0.2) is 9.78 Å². The van der Waals surface area contributed by atoms with Crippen molar-refractivity contribution in [1.29, 1.82) is 0 Å². The molecule has 0 amide bonds. The van der Waals surface area contributed by atoms with Crippen molar-refractivity contribution in [3.63, 3.8) is 0 Å². The number of anilines is 1. The average molecular weight is 288 g/mol. The van der Waals surface area contributed by atoms with E-state index in [9.17, 15) is 4.79 Å². The average Bonchev–Trinajstić information content (AvgIpc) is 2.36. The van der Waals surface area contributed by atoms with Crippen molar-refractivity contribution < 1.29 is 9.90 Å². The summed E-state index contributed by atoms with van der Waals surface area (Å²) in [6.07, 6.45) is 1.48. The van der Waals surface area contributed by atoms with Gasteiger partial charge < -0.3 is 10.8 Å². The molecule has 3 N–H and O–H groups in total. The molecule has 0 radical (unpaired) electrons. The molecule has 0 saturated carbocycles. The van der Waals surface area contributed by atoms with Crippen LogP contribution in [-0.2, 0) is 5.75 Å². The smallest absolute Gasteiger partial charge is 0.338 e. The Morgan fingerprint density at radius 1 is 1.25 bits per heavy atom. The minimum Gasteiger partial charge on any atom is -0.478 e. The number of hydrogen-bond donors (Lipinski definition) is 2. The summed E-state index contributed by atoms with van der Waals surface area (Å²) in [4.78, 5) is 15.3. The minimum absolute atomic E-state index is 0.152. The summed E-state index contributed by atoms with van der Waals surface area (Å²) < 4.78 is 0. The Hall–Kier alpha value is -2.01. The zero-order valence-electron chi connectivity index (χ0n) is 11.4. The molecule has 20 heavy (non-hydrogen) atoms. The Morgan fingerprint density at radius 3 is 2.50 bits per heavy atom. The van der Waals surface area contributed by atoms with Crippen LogP contribution in [-0.4, -0.2) is 16.1 Å². The van der Waals surface area contributed by atoms with Gasteiger partial charge in [0.2, 0.25) is 0 Å². The number of aromatic nitrogens is 1. The molecule has 0 aliphatic rings. The zero-order chi connectivity index (χ0) is 14.7. The quantitative estimate of drug-likeness (QED) is 0.844. The Labute approximate surface area is 122 Å². The van der Waals surface area contributed by atoms with Crippen LogP contribution in [0.2, 0.25) is 0 Å². The Bertz CT molecular complexity index is 636. The molecule has 0 atom stereocenters. The number of aromatic carboxylic acids is 1. The van der Waals surface area contributed by atoms with Gasteiger partial charge in [-0.15, -0.1) is 11.8 Å². The number of carboxylic acid groups (broad SMARTS) is 1. The lowest BCUT2D eigenvalue weighted by Crippen LogP contribution is -2.02. The Kier molecular flexibility index (Phi) is 4.29. The molecule has 1 aromatic heterocycles. The van der Waals surface area contributed by atoms with Crippen molar-refractivity contribution in [1.82, 2.24) is 4.98 Å². The highest BCUT2D eigenvalue weighted by atomic mass is 32.2. The summed E-state index contributed by atoms with van der Waals surface area (Å²) >= 11 is 1.41. The van der Waals surface area contributed by atoms with Crippen LogP contribution in [0, 0.1) is 13.8 Å². The van der Waals surface area contributed by atoms with Crippen LogP contribution in [0.3, 0.4) is 0 Å². The number of thioether (sulfide) groups is 1. The van der Waals surface area contributed by atoms with E-state index in [-0.39, 0.29) is 5.56 Å². The van der Waals surface area contributed by atoms with E-state index in [0.29, 0.717) is 16.5 Å². The van der Waals surface area contributed by atoms with Crippen molar-refractivity contribution in [2.24, 2.45) is 0 Å². The fraction of sp³-hybridized carbons (Fsp3) is 0.200. The van der Waals surface area contributed by atoms with E-state index >= 15 is 0 Å². The number of carboxylic acids is 1. The van der Waals surface area contributed by atoms with Gasteiger partial charge in [0.25, 0.3) is 0 Å². The van der Waals surface area contributed by atoms with E-state index in [1.807, 2.05) is 13.8 Å². The molecule has 0 aliphatic carbocycles.